The van der Waals surface area contributed by atoms with Gasteiger partial charge in [0, 0.05) is 13.1 Å². The average Bonchev–Trinajstić information content (AvgIpc) is 2.39. The van der Waals surface area contributed by atoms with Gasteiger partial charge in [-0.05, 0) is 31.0 Å². The third kappa shape index (κ3) is 3.33. The Morgan fingerprint density at radius 1 is 1.32 bits per heavy atom. The quantitative estimate of drug-likeness (QED) is 0.777. The molecule has 1 fully saturated rings. The van der Waals surface area contributed by atoms with Crippen molar-refractivity contribution in [3.63, 3.8) is 0 Å². The molecule has 104 valence electrons. The van der Waals surface area contributed by atoms with E-state index in [1.165, 1.54) is 0 Å². The molecule has 1 aliphatic heterocycles. The number of ketones is 1. The van der Waals surface area contributed by atoms with Crippen molar-refractivity contribution in [1.29, 1.82) is 0 Å². The third-order valence-corrected chi connectivity index (χ3v) is 3.39. The van der Waals surface area contributed by atoms with Gasteiger partial charge in [0.2, 0.25) is 0 Å². The van der Waals surface area contributed by atoms with Crippen LogP contribution in [0.1, 0.15) is 21.5 Å². The number of rotatable bonds is 4. The third-order valence-electron chi connectivity index (χ3n) is 3.39. The summed E-state index contributed by atoms with van der Waals surface area (Å²) in [5, 5.41) is 0. The normalized spacial score (nSPS) is 16.4. The lowest BCUT2D eigenvalue weighted by Gasteiger charge is -2.26. The summed E-state index contributed by atoms with van der Waals surface area (Å²) < 4.78 is 10.7. The van der Waals surface area contributed by atoms with E-state index in [-0.39, 0.29) is 5.78 Å². The minimum Gasteiger partial charge on any atom is -0.496 e. The fraction of sp³-hybridized carbons (Fsp3) is 0.533. The lowest BCUT2D eigenvalue weighted by Crippen LogP contribution is -2.39. The van der Waals surface area contributed by atoms with E-state index in [0.29, 0.717) is 31.1 Å². The Hall–Kier alpha value is -1.39. The second-order valence-electron chi connectivity index (χ2n) is 4.97. The molecular formula is C15H21NO3. The zero-order valence-electron chi connectivity index (χ0n) is 11.9. The van der Waals surface area contributed by atoms with Gasteiger partial charge in [0.25, 0.3) is 0 Å². The van der Waals surface area contributed by atoms with Gasteiger partial charge in [-0.1, -0.05) is 6.07 Å². The van der Waals surface area contributed by atoms with Gasteiger partial charge in [-0.25, -0.2) is 0 Å². The summed E-state index contributed by atoms with van der Waals surface area (Å²) in [4.78, 5) is 14.6. The Morgan fingerprint density at radius 2 is 2.00 bits per heavy atom. The fourth-order valence-electron chi connectivity index (χ4n) is 2.48. The number of ether oxygens (including phenoxy) is 2. The topological polar surface area (TPSA) is 38.8 Å². The Kier molecular flexibility index (Phi) is 4.56. The van der Waals surface area contributed by atoms with Crippen molar-refractivity contribution < 1.29 is 14.3 Å². The molecule has 0 bridgehead atoms. The predicted octanol–water partition coefficient (Wildman–Crippen LogP) is 1.83. The number of benzene rings is 1. The number of carbonyl (C=O) groups excluding carboxylic acids is 1. The summed E-state index contributed by atoms with van der Waals surface area (Å²) in [5.41, 5.74) is 2.78. The maximum Gasteiger partial charge on any atom is 0.180 e. The van der Waals surface area contributed by atoms with Crippen molar-refractivity contribution in [1.82, 2.24) is 4.90 Å². The maximum atomic E-state index is 12.4. The molecule has 0 N–H and O–H groups in total. The Bertz CT molecular complexity index is 465. The summed E-state index contributed by atoms with van der Waals surface area (Å²) in [6, 6.07) is 3.94. The number of carbonyl (C=O) groups is 1. The molecule has 0 radical (unpaired) electrons. The molecule has 0 unspecified atom stereocenters. The van der Waals surface area contributed by atoms with Gasteiger partial charge in [0.05, 0.1) is 32.4 Å². The molecule has 0 atom stereocenters. The van der Waals surface area contributed by atoms with Gasteiger partial charge in [-0.15, -0.1) is 0 Å². The summed E-state index contributed by atoms with van der Waals surface area (Å²) in [6.45, 7) is 7.45. The van der Waals surface area contributed by atoms with Crippen LogP contribution in [0.15, 0.2) is 12.1 Å². The molecule has 1 saturated heterocycles. The molecular weight excluding hydrogens is 242 g/mol. The molecule has 0 spiro atoms. The van der Waals surface area contributed by atoms with Crippen molar-refractivity contribution in [3.05, 3.63) is 28.8 Å². The van der Waals surface area contributed by atoms with E-state index in [1.807, 2.05) is 26.0 Å². The van der Waals surface area contributed by atoms with Crippen LogP contribution < -0.4 is 4.74 Å². The van der Waals surface area contributed by atoms with Crippen LogP contribution in [-0.2, 0) is 4.74 Å². The first-order valence-corrected chi connectivity index (χ1v) is 6.60. The molecule has 0 aromatic heterocycles. The molecule has 4 nitrogen and oxygen atoms in total. The number of aryl methyl sites for hydroxylation is 2. The van der Waals surface area contributed by atoms with Crippen LogP contribution in [0.25, 0.3) is 0 Å². The summed E-state index contributed by atoms with van der Waals surface area (Å²) in [7, 11) is 1.61. The molecule has 1 aliphatic rings. The summed E-state index contributed by atoms with van der Waals surface area (Å²) >= 11 is 0. The van der Waals surface area contributed by atoms with E-state index in [9.17, 15) is 4.79 Å². The van der Waals surface area contributed by atoms with Crippen LogP contribution in [0, 0.1) is 13.8 Å². The molecule has 1 aromatic rings. The first-order valence-electron chi connectivity index (χ1n) is 6.60. The zero-order chi connectivity index (χ0) is 13.8. The van der Waals surface area contributed by atoms with Gasteiger partial charge in [-0.3, -0.25) is 9.69 Å². The lowest BCUT2D eigenvalue weighted by atomic mass is 10.0. The highest BCUT2D eigenvalue weighted by molar-refractivity contribution is 6.00. The number of Topliss-reactive ketones (excluding diaryl/α,β-unsaturated/α-hetero) is 1. The van der Waals surface area contributed by atoms with Crippen molar-refractivity contribution in [2.24, 2.45) is 0 Å². The van der Waals surface area contributed by atoms with Crippen LogP contribution >= 0.6 is 0 Å². The van der Waals surface area contributed by atoms with Gasteiger partial charge < -0.3 is 9.47 Å². The van der Waals surface area contributed by atoms with Crippen molar-refractivity contribution >= 4 is 5.78 Å². The predicted molar refractivity (Wildman–Crippen MR) is 74.1 cm³/mol. The molecule has 4 heteroatoms. The maximum absolute atomic E-state index is 12.4. The van der Waals surface area contributed by atoms with E-state index >= 15 is 0 Å². The Morgan fingerprint density at radius 3 is 2.63 bits per heavy atom. The number of hydrogen-bond donors (Lipinski definition) is 0. The monoisotopic (exact) mass is 263 g/mol. The van der Waals surface area contributed by atoms with Crippen LogP contribution in [0.2, 0.25) is 0 Å². The molecule has 1 aromatic carbocycles. The van der Waals surface area contributed by atoms with Gasteiger partial charge >= 0.3 is 0 Å². The standard InChI is InChI=1S/C15H21NO3/c1-11-8-12(2)15(18-3)13(9-11)14(17)10-16-4-6-19-7-5-16/h8-9H,4-7,10H2,1-3H3. The van der Waals surface area contributed by atoms with Gasteiger partial charge in [-0.2, -0.15) is 0 Å². The lowest BCUT2D eigenvalue weighted by molar-refractivity contribution is 0.0370. The smallest absolute Gasteiger partial charge is 0.180 e. The number of hydrogen-bond acceptors (Lipinski definition) is 4. The second kappa shape index (κ2) is 6.17. The Labute approximate surface area is 114 Å². The van der Waals surface area contributed by atoms with Crippen molar-refractivity contribution in [3.8, 4) is 5.75 Å². The largest absolute Gasteiger partial charge is 0.496 e. The first-order chi connectivity index (χ1) is 9.11. The van der Waals surface area contributed by atoms with E-state index in [4.69, 9.17) is 9.47 Å². The van der Waals surface area contributed by atoms with Gasteiger partial charge in [0.15, 0.2) is 5.78 Å². The van der Waals surface area contributed by atoms with Gasteiger partial charge in [0.1, 0.15) is 5.75 Å². The second-order valence-corrected chi connectivity index (χ2v) is 4.97. The minimum atomic E-state index is 0.116. The molecule has 0 aliphatic carbocycles. The van der Waals surface area contributed by atoms with Crippen LogP contribution in [-0.4, -0.2) is 50.6 Å². The highest BCUT2D eigenvalue weighted by Gasteiger charge is 2.19. The summed E-state index contributed by atoms with van der Waals surface area (Å²) in [6.07, 6.45) is 0. The highest BCUT2D eigenvalue weighted by atomic mass is 16.5. The fourth-order valence-corrected chi connectivity index (χ4v) is 2.48. The SMILES string of the molecule is COc1c(C)cc(C)cc1C(=O)CN1CCOCC1. The molecule has 2 rings (SSSR count). The Balaban J connectivity index is 2.17. The van der Waals surface area contributed by atoms with Crippen LogP contribution in [0.5, 0.6) is 5.75 Å². The molecule has 1 heterocycles. The number of morpholine rings is 1. The first kappa shape index (κ1) is 14.0. The van der Waals surface area contributed by atoms with Crippen LogP contribution in [0.3, 0.4) is 0 Å². The summed E-state index contributed by atoms with van der Waals surface area (Å²) in [5.74, 6) is 0.814. The van der Waals surface area contributed by atoms with E-state index in [1.54, 1.807) is 7.11 Å². The number of nitrogens with zero attached hydrogens (tertiary/aromatic N) is 1. The molecule has 0 amide bonds. The number of methoxy groups -OCH3 is 1. The van der Waals surface area contributed by atoms with Crippen molar-refractivity contribution in [2.45, 2.75) is 13.8 Å². The van der Waals surface area contributed by atoms with E-state index in [2.05, 4.69) is 4.90 Å². The average molecular weight is 263 g/mol. The van der Waals surface area contributed by atoms with Crippen LogP contribution in [0.4, 0.5) is 0 Å². The highest BCUT2D eigenvalue weighted by Crippen LogP contribution is 2.25. The molecule has 0 saturated carbocycles. The van der Waals surface area contributed by atoms with Crippen molar-refractivity contribution in [2.75, 3.05) is 40.0 Å². The minimum absolute atomic E-state index is 0.116. The van der Waals surface area contributed by atoms with E-state index < -0.39 is 0 Å². The van der Waals surface area contributed by atoms with E-state index in [0.717, 1.165) is 24.2 Å². The zero-order valence-corrected chi connectivity index (χ0v) is 11.9. The molecule has 19 heavy (non-hydrogen) atoms.